The highest BCUT2D eigenvalue weighted by molar-refractivity contribution is 5.54. The first-order valence-electron chi connectivity index (χ1n) is 7.53. The maximum Gasteiger partial charge on any atom is 0.158 e. The van der Waals surface area contributed by atoms with Gasteiger partial charge in [0.05, 0.1) is 13.2 Å². The third kappa shape index (κ3) is 3.68. The Morgan fingerprint density at radius 1 is 1.29 bits per heavy atom. The van der Waals surface area contributed by atoms with Crippen molar-refractivity contribution in [1.29, 1.82) is 0 Å². The Kier molecular flexibility index (Phi) is 4.62. The number of hydrogen-bond donors (Lipinski definition) is 0. The quantitative estimate of drug-likeness (QED) is 0.848. The normalized spacial score (nSPS) is 18.8. The van der Waals surface area contributed by atoms with Crippen LogP contribution in [0.2, 0.25) is 0 Å². The number of hydrogen-bond acceptors (Lipinski definition) is 4. The molecule has 1 aliphatic rings. The summed E-state index contributed by atoms with van der Waals surface area (Å²) in [7, 11) is 0. The minimum absolute atomic E-state index is 0.0523. The summed E-state index contributed by atoms with van der Waals surface area (Å²) in [6.07, 6.45) is 3.26. The van der Waals surface area contributed by atoms with Crippen LogP contribution in [-0.2, 0) is 16.0 Å². The smallest absolute Gasteiger partial charge is 0.158 e. The number of aryl methyl sites for hydroxylation is 1. The molecule has 1 atom stereocenters. The molecule has 1 aromatic heterocycles. The van der Waals surface area contributed by atoms with Crippen molar-refractivity contribution < 1.29 is 9.47 Å². The van der Waals surface area contributed by atoms with Crippen LogP contribution >= 0.6 is 0 Å². The topological polar surface area (TPSA) is 49.2 Å². The van der Waals surface area contributed by atoms with Crippen LogP contribution in [0.15, 0.2) is 30.3 Å². The molecular formula is C16H21N3O2. The van der Waals surface area contributed by atoms with Gasteiger partial charge >= 0.3 is 0 Å². The van der Waals surface area contributed by atoms with Crippen molar-refractivity contribution in [3.63, 3.8) is 0 Å². The molecule has 21 heavy (non-hydrogen) atoms. The fourth-order valence-electron chi connectivity index (χ4n) is 2.53. The van der Waals surface area contributed by atoms with Crippen molar-refractivity contribution >= 4 is 0 Å². The van der Waals surface area contributed by atoms with Gasteiger partial charge in [-0.15, -0.1) is 0 Å². The Morgan fingerprint density at radius 2 is 2.14 bits per heavy atom. The van der Waals surface area contributed by atoms with Crippen molar-refractivity contribution in [2.75, 3.05) is 13.2 Å². The molecule has 0 amide bonds. The first kappa shape index (κ1) is 14.2. The third-order valence-corrected chi connectivity index (χ3v) is 3.55. The average molecular weight is 287 g/mol. The summed E-state index contributed by atoms with van der Waals surface area (Å²) in [6, 6.07) is 10.1. The highest BCUT2D eigenvalue weighted by Crippen LogP contribution is 2.17. The Labute approximate surface area is 124 Å². The van der Waals surface area contributed by atoms with Crippen LogP contribution in [0.25, 0.3) is 11.4 Å². The Morgan fingerprint density at radius 3 is 2.90 bits per heavy atom. The van der Waals surface area contributed by atoms with Gasteiger partial charge in [0, 0.05) is 12.2 Å². The lowest BCUT2D eigenvalue weighted by atomic mass is 10.2. The minimum atomic E-state index is -0.0523. The average Bonchev–Trinajstić information content (AvgIpc) is 2.90. The standard InChI is InChI=1S/C16H21N3O2/c1-13-17-16(14-7-3-2-4-8-14)19(18-13)10-12-21-15-9-5-6-11-20-15/h2-4,7-8,15H,5-6,9-12H2,1H3. The van der Waals surface area contributed by atoms with Crippen LogP contribution in [-0.4, -0.2) is 34.3 Å². The summed E-state index contributed by atoms with van der Waals surface area (Å²) in [5.74, 6) is 1.67. The Bertz CT molecular complexity index is 562. The van der Waals surface area contributed by atoms with Gasteiger partial charge in [-0.3, -0.25) is 0 Å². The van der Waals surface area contributed by atoms with E-state index in [0.29, 0.717) is 13.2 Å². The Balaban J connectivity index is 1.62. The molecule has 0 spiro atoms. The molecule has 2 aromatic rings. The summed E-state index contributed by atoms with van der Waals surface area (Å²) in [4.78, 5) is 4.51. The summed E-state index contributed by atoms with van der Waals surface area (Å²) >= 11 is 0. The predicted octanol–water partition coefficient (Wildman–Crippen LogP) is 2.80. The molecule has 1 fully saturated rings. The molecule has 0 radical (unpaired) electrons. The summed E-state index contributed by atoms with van der Waals surface area (Å²) < 4.78 is 13.3. The fourth-order valence-corrected chi connectivity index (χ4v) is 2.53. The van der Waals surface area contributed by atoms with Gasteiger partial charge < -0.3 is 9.47 Å². The van der Waals surface area contributed by atoms with E-state index in [-0.39, 0.29) is 6.29 Å². The zero-order chi connectivity index (χ0) is 14.5. The van der Waals surface area contributed by atoms with E-state index in [1.807, 2.05) is 41.9 Å². The number of benzene rings is 1. The molecule has 1 aliphatic heterocycles. The molecule has 5 heteroatoms. The van der Waals surface area contributed by atoms with Crippen molar-refractivity contribution in [3.05, 3.63) is 36.2 Å². The van der Waals surface area contributed by atoms with Gasteiger partial charge in [0.1, 0.15) is 5.82 Å². The van der Waals surface area contributed by atoms with E-state index in [1.165, 1.54) is 6.42 Å². The molecule has 1 unspecified atom stereocenters. The number of aromatic nitrogens is 3. The second-order valence-corrected chi connectivity index (χ2v) is 5.24. The SMILES string of the molecule is Cc1nc(-c2ccccc2)n(CCOC2CCCCO2)n1. The van der Waals surface area contributed by atoms with Crippen LogP contribution in [0.1, 0.15) is 25.1 Å². The third-order valence-electron chi connectivity index (χ3n) is 3.55. The van der Waals surface area contributed by atoms with Crippen LogP contribution in [0, 0.1) is 6.92 Å². The zero-order valence-electron chi connectivity index (χ0n) is 12.4. The lowest BCUT2D eigenvalue weighted by Crippen LogP contribution is -2.24. The molecule has 112 valence electrons. The predicted molar refractivity (Wildman–Crippen MR) is 79.7 cm³/mol. The van der Waals surface area contributed by atoms with E-state index in [9.17, 15) is 0 Å². The highest BCUT2D eigenvalue weighted by Gasteiger charge is 2.15. The van der Waals surface area contributed by atoms with Crippen molar-refractivity contribution in [2.24, 2.45) is 0 Å². The van der Waals surface area contributed by atoms with Gasteiger partial charge in [-0.05, 0) is 26.2 Å². The summed E-state index contributed by atoms with van der Waals surface area (Å²) in [5.41, 5.74) is 1.08. The highest BCUT2D eigenvalue weighted by atomic mass is 16.7. The van der Waals surface area contributed by atoms with Crippen molar-refractivity contribution in [3.8, 4) is 11.4 Å². The summed E-state index contributed by atoms with van der Waals surface area (Å²) in [6.45, 7) is 3.99. The first-order valence-corrected chi connectivity index (χ1v) is 7.53. The van der Waals surface area contributed by atoms with Gasteiger partial charge in [0.15, 0.2) is 12.1 Å². The van der Waals surface area contributed by atoms with Gasteiger partial charge in [0.2, 0.25) is 0 Å². The van der Waals surface area contributed by atoms with E-state index in [0.717, 1.165) is 36.7 Å². The first-order chi connectivity index (χ1) is 10.3. The van der Waals surface area contributed by atoms with E-state index >= 15 is 0 Å². The van der Waals surface area contributed by atoms with Crippen LogP contribution in [0.3, 0.4) is 0 Å². The lowest BCUT2D eigenvalue weighted by molar-refractivity contribution is -0.163. The number of nitrogens with zero attached hydrogens (tertiary/aromatic N) is 3. The fraction of sp³-hybridized carbons (Fsp3) is 0.500. The van der Waals surface area contributed by atoms with Gasteiger partial charge in [0.25, 0.3) is 0 Å². The number of ether oxygens (including phenoxy) is 2. The van der Waals surface area contributed by atoms with Crippen molar-refractivity contribution in [1.82, 2.24) is 14.8 Å². The molecule has 0 aliphatic carbocycles. The largest absolute Gasteiger partial charge is 0.353 e. The van der Waals surface area contributed by atoms with Gasteiger partial charge in [-0.2, -0.15) is 5.10 Å². The van der Waals surface area contributed by atoms with E-state index in [4.69, 9.17) is 9.47 Å². The second-order valence-electron chi connectivity index (χ2n) is 5.24. The molecule has 0 N–H and O–H groups in total. The lowest BCUT2D eigenvalue weighted by Gasteiger charge is -2.22. The molecule has 1 aromatic carbocycles. The van der Waals surface area contributed by atoms with E-state index in [2.05, 4.69) is 10.1 Å². The zero-order valence-corrected chi connectivity index (χ0v) is 12.4. The molecule has 3 rings (SSSR count). The van der Waals surface area contributed by atoms with Crippen LogP contribution in [0.4, 0.5) is 0 Å². The molecular weight excluding hydrogens is 266 g/mol. The van der Waals surface area contributed by atoms with Gasteiger partial charge in [-0.1, -0.05) is 30.3 Å². The minimum Gasteiger partial charge on any atom is -0.353 e. The monoisotopic (exact) mass is 287 g/mol. The molecule has 0 saturated carbocycles. The van der Waals surface area contributed by atoms with Crippen LogP contribution in [0.5, 0.6) is 0 Å². The molecule has 2 heterocycles. The van der Waals surface area contributed by atoms with Crippen LogP contribution < -0.4 is 0 Å². The van der Waals surface area contributed by atoms with Gasteiger partial charge in [-0.25, -0.2) is 9.67 Å². The van der Waals surface area contributed by atoms with Crippen molar-refractivity contribution in [2.45, 2.75) is 39.0 Å². The van der Waals surface area contributed by atoms with E-state index < -0.39 is 0 Å². The van der Waals surface area contributed by atoms with E-state index in [1.54, 1.807) is 0 Å². The maximum absolute atomic E-state index is 5.78. The molecule has 5 nitrogen and oxygen atoms in total. The maximum atomic E-state index is 5.78. The summed E-state index contributed by atoms with van der Waals surface area (Å²) in [5, 5.41) is 4.45. The Hall–Kier alpha value is -1.72. The number of rotatable bonds is 5. The molecule has 1 saturated heterocycles. The second kappa shape index (κ2) is 6.83. The molecule has 0 bridgehead atoms.